The van der Waals surface area contributed by atoms with Crippen LogP contribution in [0.5, 0.6) is 0 Å². The van der Waals surface area contributed by atoms with E-state index in [-0.39, 0.29) is 0 Å². The zero-order valence-corrected chi connectivity index (χ0v) is 12.0. The molecule has 0 aliphatic carbocycles. The normalized spacial score (nSPS) is 21.9. The van der Waals surface area contributed by atoms with Gasteiger partial charge in [0.1, 0.15) is 0 Å². The molecule has 1 heterocycles. The first-order chi connectivity index (χ1) is 8.58. The number of hydrogen-bond donors (Lipinski definition) is 1. The SMILES string of the molecule is Cc1cc(C)c(C(C)NC2CCCOC2)cc1C. The third-order valence-corrected chi connectivity index (χ3v) is 3.99. The van der Waals surface area contributed by atoms with E-state index in [4.69, 9.17) is 4.74 Å². The largest absolute Gasteiger partial charge is 0.380 e. The molecule has 0 saturated carbocycles. The van der Waals surface area contributed by atoms with Crippen molar-refractivity contribution in [3.63, 3.8) is 0 Å². The Kier molecular flexibility index (Phi) is 4.41. The molecule has 1 N–H and O–H groups in total. The number of ether oxygens (including phenoxy) is 1. The summed E-state index contributed by atoms with van der Waals surface area (Å²) in [7, 11) is 0. The minimum Gasteiger partial charge on any atom is -0.380 e. The number of nitrogens with one attached hydrogen (secondary N) is 1. The molecule has 1 fully saturated rings. The molecular formula is C16H25NO. The lowest BCUT2D eigenvalue weighted by Gasteiger charge is -2.28. The summed E-state index contributed by atoms with van der Waals surface area (Å²) in [4.78, 5) is 0. The van der Waals surface area contributed by atoms with E-state index in [1.54, 1.807) is 0 Å². The topological polar surface area (TPSA) is 21.3 Å². The first-order valence-electron chi connectivity index (χ1n) is 6.99. The van der Waals surface area contributed by atoms with E-state index in [9.17, 15) is 0 Å². The van der Waals surface area contributed by atoms with Gasteiger partial charge in [0, 0.05) is 18.7 Å². The maximum atomic E-state index is 5.53. The molecule has 0 aromatic heterocycles. The molecule has 2 rings (SSSR count). The second kappa shape index (κ2) is 5.85. The Hall–Kier alpha value is -0.860. The van der Waals surface area contributed by atoms with Crippen molar-refractivity contribution in [2.45, 2.75) is 52.6 Å². The van der Waals surface area contributed by atoms with Gasteiger partial charge in [-0.15, -0.1) is 0 Å². The van der Waals surface area contributed by atoms with Crippen molar-refractivity contribution in [2.75, 3.05) is 13.2 Å². The van der Waals surface area contributed by atoms with Crippen molar-refractivity contribution in [2.24, 2.45) is 0 Å². The third-order valence-electron chi connectivity index (χ3n) is 3.99. The summed E-state index contributed by atoms with van der Waals surface area (Å²) >= 11 is 0. The van der Waals surface area contributed by atoms with E-state index in [1.807, 2.05) is 0 Å². The Labute approximate surface area is 111 Å². The minimum atomic E-state index is 0.399. The van der Waals surface area contributed by atoms with Crippen molar-refractivity contribution >= 4 is 0 Å². The molecule has 1 aromatic carbocycles. The lowest BCUT2D eigenvalue weighted by molar-refractivity contribution is 0.0670. The second-order valence-electron chi connectivity index (χ2n) is 5.60. The zero-order chi connectivity index (χ0) is 13.1. The highest BCUT2D eigenvalue weighted by Gasteiger charge is 2.18. The second-order valence-corrected chi connectivity index (χ2v) is 5.60. The highest BCUT2D eigenvalue weighted by atomic mass is 16.5. The Morgan fingerprint density at radius 3 is 2.56 bits per heavy atom. The molecule has 18 heavy (non-hydrogen) atoms. The minimum absolute atomic E-state index is 0.399. The lowest BCUT2D eigenvalue weighted by Crippen LogP contribution is -2.38. The number of hydrogen-bond acceptors (Lipinski definition) is 2. The molecule has 0 bridgehead atoms. The quantitative estimate of drug-likeness (QED) is 0.883. The van der Waals surface area contributed by atoms with Gasteiger partial charge in [0.25, 0.3) is 0 Å². The molecule has 2 heteroatoms. The van der Waals surface area contributed by atoms with Crippen LogP contribution >= 0.6 is 0 Å². The van der Waals surface area contributed by atoms with Gasteiger partial charge in [-0.2, -0.15) is 0 Å². The summed E-state index contributed by atoms with van der Waals surface area (Å²) in [5, 5.41) is 3.70. The molecule has 1 aromatic rings. The molecule has 100 valence electrons. The van der Waals surface area contributed by atoms with Crippen LogP contribution in [0.2, 0.25) is 0 Å². The molecule has 2 atom stereocenters. The molecule has 0 spiro atoms. The van der Waals surface area contributed by atoms with Crippen molar-refractivity contribution in [3.05, 3.63) is 34.4 Å². The molecule has 0 amide bonds. The summed E-state index contributed by atoms with van der Waals surface area (Å²) < 4.78 is 5.53. The van der Waals surface area contributed by atoms with Gasteiger partial charge < -0.3 is 10.1 Å². The van der Waals surface area contributed by atoms with Gasteiger partial charge in [0.15, 0.2) is 0 Å². The van der Waals surface area contributed by atoms with E-state index < -0.39 is 0 Å². The molecule has 1 saturated heterocycles. The predicted molar refractivity (Wildman–Crippen MR) is 76.0 cm³/mol. The Morgan fingerprint density at radius 1 is 1.17 bits per heavy atom. The number of aryl methyl sites for hydroxylation is 3. The van der Waals surface area contributed by atoms with Crippen molar-refractivity contribution in [1.29, 1.82) is 0 Å². The smallest absolute Gasteiger partial charge is 0.0619 e. The number of benzene rings is 1. The predicted octanol–water partition coefficient (Wildman–Crippen LogP) is 3.44. The van der Waals surface area contributed by atoms with E-state index >= 15 is 0 Å². The van der Waals surface area contributed by atoms with Crippen LogP contribution in [0.4, 0.5) is 0 Å². The first-order valence-corrected chi connectivity index (χ1v) is 6.99. The zero-order valence-electron chi connectivity index (χ0n) is 12.0. The van der Waals surface area contributed by atoms with Crippen LogP contribution in [0.3, 0.4) is 0 Å². The molecule has 1 aliphatic heterocycles. The lowest BCUT2D eigenvalue weighted by atomic mass is 9.95. The fraction of sp³-hybridized carbons (Fsp3) is 0.625. The molecular weight excluding hydrogens is 222 g/mol. The van der Waals surface area contributed by atoms with Crippen molar-refractivity contribution < 1.29 is 4.74 Å². The van der Waals surface area contributed by atoms with E-state index in [0.717, 1.165) is 13.2 Å². The van der Waals surface area contributed by atoms with Crippen LogP contribution in [0.15, 0.2) is 12.1 Å². The maximum absolute atomic E-state index is 5.53. The average molecular weight is 247 g/mol. The summed E-state index contributed by atoms with van der Waals surface area (Å²) in [6, 6.07) is 5.53. The molecule has 0 radical (unpaired) electrons. The van der Waals surface area contributed by atoms with Crippen LogP contribution in [0.25, 0.3) is 0 Å². The Balaban J connectivity index is 2.08. The average Bonchev–Trinajstić information content (AvgIpc) is 2.35. The van der Waals surface area contributed by atoms with E-state index in [1.165, 1.54) is 35.1 Å². The van der Waals surface area contributed by atoms with E-state index in [0.29, 0.717) is 12.1 Å². The van der Waals surface area contributed by atoms with Crippen LogP contribution in [0, 0.1) is 20.8 Å². The molecule has 2 nitrogen and oxygen atoms in total. The Bertz CT molecular complexity index is 408. The molecule has 1 aliphatic rings. The fourth-order valence-electron chi connectivity index (χ4n) is 2.76. The monoisotopic (exact) mass is 247 g/mol. The van der Waals surface area contributed by atoms with Gasteiger partial charge >= 0.3 is 0 Å². The van der Waals surface area contributed by atoms with Gasteiger partial charge in [0.2, 0.25) is 0 Å². The highest BCUT2D eigenvalue weighted by molar-refractivity contribution is 5.38. The van der Waals surface area contributed by atoms with Crippen LogP contribution in [0.1, 0.15) is 48.1 Å². The third kappa shape index (κ3) is 3.12. The van der Waals surface area contributed by atoms with Gasteiger partial charge in [-0.3, -0.25) is 0 Å². The van der Waals surface area contributed by atoms with E-state index in [2.05, 4.69) is 45.1 Å². The number of rotatable bonds is 3. The van der Waals surface area contributed by atoms with Gasteiger partial charge in [-0.1, -0.05) is 12.1 Å². The van der Waals surface area contributed by atoms with Crippen LogP contribution in [-0.2, 0) is 4.74 Å². The van der Waals surface area contributed by atoms with Crippen LogP contribution in [-0.4, -0.2) is 19.3 Å². The highest BCUT2D eigenvalue weighted by Crippen LogP contribution is 2.23. The van der Waals surface area contributed by atoms with Gasteiger partial charge in [-0.05, 0) is 62.8 Å². The summed E-state index contributed by atoms with van der Waals surface area (Å²) in [5.41, 5.74) is 5.56. The fourth-order valence-corrected chi connectivity index (χ4v) is 2.76. The Morgan fingerprint density at radius 2 is 1.89 bits per heavy atom. The maximum Gasteiger partial charge on any atom is 0.0619 e. The summed E-state index contributed by atoms with van der Waals surface area (Å²) in [5.74, 6) is 0. The first kappa shape index (κ1) is 13.6. The summed E-state index contributed by atoms with van der Waals surface area (Å²) in [6.07, 6.45) is 2.41. The van der Waals surface area contributed by atoms with Gasteiger partial charge in [0.05, 0.1) is 6.61 Å². The van der Waals surface area contributed by atoms with Crippen molar-refractivity contribution in [1.82, 2.24) is 5.32 Å². The molecule has 2 unspecified atom stereocenters. The van der Waals surface area contributed by atoms with Crippen LogP contribution < -0.4 is 5.32 Å². The van der Waals surface area contributed by atoms with Crippen molar-refractivity contribution in [3.8, 4) is 0 Å². The summed E-state index contributed by atoms with van der Waals surface area (Å²) in [6.45, 7) is 10.6. The van der Waals surface area contributed by atoms with Gasteiger partial charge in [-0.25, -0.2) is 0 Å². The standard InChI is InChI=1S/C16H25NO/c1-11-8-13(3)16(9-12(11)2)14(4)17-15-6-5-7-18-10-15/h8-9,14-15,17H,5-7,10H2,1-4H3.